The van der Waals surface area contributed by atoms with Crippen LogP contribution in [-0.2, 0) is 30.3 Å². The van der Waals surface area contributed by atoms with Gasteiger partial charge in [-0.15, -0.1) is 0 Å². The first-order valence-electron chi connectivity index (χ1n) is 27.3. The van der Waals surface area contributed by atoms with Gasteiger partial charge in [-0.05, 0) is 120 Å². The predicted octanol–water partition coefficient (Wildman–Crippen LogP) is 15.7. The summed E-state index contributed by atoms with van der Waals surface area (Å²) in [7, 11) is 18.1. The molecule has 4 N–H and O–H groups in total. The molecule has 0 aliphatic heterocycles. The van der Waals surface area contributed by atoms with Crippen LogP contribution >= 0.6 is 62.5 Å². The summed E-state index contributed by atoms with van der Waals surface area (Å²) in [5.74, 6) is 0. The average molecular weight is 1480 g/mol. The Balaban J connectivity index is 0.000000199. The predicted molar refractivity (Wildman–Crippen MR) is 381 cm³/mol. The van der Waals surface area contributed by atoms with Crippen molar-refractivity contribution in [1.29, 1.82) is 0 Å². The second kappa shape index (κ2) is 44.6. The molecule has 0 amide bonds. The fourth-order valence-electron chi connectivity index (χ4n) is 8.59. The van der Waals surface area contributed by atoms with Crippen LogP contribution in [0.15, 0.2) is 371 Å². The van der Waals surface area contributed by atoms with E-state index >= 15 is 0 Å². The van der Waals surface area contributed by atoms with Gasteiger partial charge in [0.05, 0.1) is 22.8 Å². The number of pyridine rings is 4. The number of rotatable bonds is 11. The maximum atomic E-state index is 4.85. The maximum Gasteiger partial charge on any atom is 0.0886 e. The van der Waals surface area contributed by atoms with Crippen LogP contribution in [0.2, 0.25) is 0 Å². The van der Waals surface area contributed by atoms with Crippen LogP contribution in [0.1, 0.15) is 0 Å². The third-order valence-corrected chi connectivity index (χ3v) is 19.6. The Hall–Kier alpha value is -6.80. The Kier molecular flexibility index (Phi) is 36.6. The molecule has 4 heterocycles. The van der Waals surface area contributed by atoms with Gasteiger partial charge in [0, 0.05) is 24.8 Å². The zero-order valence-electron chi connectivity index (χ0n) is 48.1. The Morgan fingerprint density at radius 3 is 0.393 bits per heavy atom. The molecule has 6 nitrogen and oxygen atoms in total. The second-order valence-corrected chi connectivity index (χ2v) is 29.9. The van der Waals surface area contributed by atoms with E-state index in [0.29, 0.717) is 0 Å². The van der Waals surface area contributed by atoms with Crippen molar-refractivity contribution in [1.82, 2.24) is 19.9 Å². The quantitative estimate of drug-likeness (QED) is 0.0947. The van der Waals surface area contributed by atoms with Gasteiger partial charge in [-0.2, -0.15) is 0 Å². The minimum absolute atomic E-state index is 0. The standard InChI is InChI=1S/3C18H15P.2C10H8N2.4ClH.2H2O.2Ru/c3*1-4-10-16(11-5-1)19(17-12-6-2-7-13-17)18-14-8-3-9-15-18;2*1-3-7-11-9(5-1)10-6-2-4-8-12-10;;;;;;;;/h3*1-15H;2*1-8H;4*1H;2*1H2;;/q;;;;;;;;;;;2*+2/p-4. The summed E-state index contributed by atoms with van der Waals surface area (Å²) in [6, 6.07) is 120. The molecule has 0 radical (unpaired) electrons. The van der Waals surface area contributed by atoms with E-state index in [9.17, 15) is 0 Å². The van der Waals surface area contributed by atoms with Crippen LogP contribution in [0.25, 0.3) is 22.8 Å². The molecule has 0 bridgehead atoms. The zero-order chi connectivity index (χ0) is 60.6. The number of aromatic nitrogens is 4. The molecular formula is C74H65Cl4N4O2P3Ru2. The van der Waals surface area contributed by atoms with Gasteiger partial charge in [0.2, 0.25) is 0 Å². The molecule has 0 atom stereocenters. The number of hydrogen-bond acceptors (Lipinski definition) is 4. The Labute approximate surface area is 559 Å². The van der Waals surface area contributed by atoms with E-state index in [-0.39, 0.29) is 41.2 Å². The van der Waals surface area contributed by atoms with Gasteiger partial charge in [0.25, 0.3) is 0 Å². The third kappa shape index (κ3) is 25.5. The molecule has 0 spiro atoms. The van der Waals surface area contributed by atoms with E-state index in [1.54, 1.807) is 24.8 Å². The molecule has 0 unspecified atom stereocenters. The monoisotopic (exact) mass is 1480 g/mol. The molecule has 0 fully saturated rings. The summed E-state index contributed by atoms with van der Waals surface area (Å²) in [6.07, 6.45) is 7.07. The minimum Gasteiger partial charge on any atom is -0.255 e. The molecule has 15 heteroatoms. The number of nitrogens with zero attached hydrogens (tertiary/aromatic N) is 4. The van der Waals surface area contributed by atoms with Crippen molar-refractivity contribution in [2.24, 2.45) is 0 Å². The van der Waals surface area contributed by atoms with Crippen LogP contribution in [0.3, 0.4) is 0 Å². The normalized spacial score (nSPS) is 9.88. The Morgan fingerprint density at radius 1 is 0.180 bits per heavy atom. The molecule has 4 aromatic heterocycles. The van der Waals surface area contributed by atoms with Crippen molar-refractivity contribution in [2.45, 2.75) is 0 Å². The first-order chi connectivity index (χ1) is 43.1. The SMILES string of the molecule is O.O.[Cl][Ru][Cl].[Cl][Ru][Cl].c1ccc(-c2ccccn2)nc1.c1ccc(-c2ccccn2)nc1.c1ccc(P(c2ccccc2)c2ccccc2)cc1.c1ccc(P(c2ccccc2)c2ccccc2)cc1.c1ccc(P(c2ccccc2)c2ccccc2)cc1. The summed E-state index contributed by atoms with van der Waals surface area (Å²) in [5.41, 5.74) is 3.66. The van der Waals surface area contributed by atoms with Crippen molar-refractivity contribution >= 4 is 110 Å². The molecule has 13 rings (SSSR count). The largest absolute Gasteiger partial charge is 0.255 e. The van der Waals surface area contributed by atoms with Crippen molar-refractivity contribution < 1.29 is 41.2 Å². The summed E-state index contributed by atoms with van der Waals surface area (Å²) in [5, 5.41) is 12.6. The maximum absolute atomic E-state index is 4.85. The van der Waals surface area contributed by atoms with Gasteiger partial charge >= 0.3 is 69.1 Å². The van der Waals surface area contributed by atoms with Crippen LogP contribution in [0.4, 0.5) is 0 Å². The van der Waals surface area contributed by atoms with Crippen LogP contribution in [0.5, 0.6) is 0 Å². The zero-order valence-corrected chi connectivity index (χ0v) is 57.3. The summed E-state index contributed by atoms with van der Waals surface area (Å²) in [6.45, 7) is 0. The van der Waals surface area contributed by atoms with E-state index in [4.69, 9.17) is 38.8 Å². The molecule has 0 aliphatic rings. The number of hydrogen-bond donors (Lipinski definition) is 0. The number of halogens is 4. The Bertz CT molecular complexity index is 3080. The van der Waals surface area contributed by atoms with Crippen LogP contribution < -0.4 is 47.7 Å². The van der Waals surface area contributed by atoms with Gasteiger partial charge in [-0.1, -0.05) is 297 Å². The van der Waals surface area contributed by atoms with Crippen molar-refractivity contribution in [2.75, 3.05) is 0 Å². The molecule has 0 aliphatic carbocycles. The molecule has 452 valence electrons. The van der Waals surface area contributed by atoms with Gasteiger partial charge in [0.15, 0.2) is 0 Å². The van der Waals surface area contributed by atoms with E-state index < -0.39 is 23.8 Å². The van der Waals surface area contributed by atoms with E-state index in [1.165, 1.54) is 47.7 Å². The fourth-order valence-corrected chi connectivity index (χ4v) is 15.5. The van der Waals surface area contributed by atoms with Crippen LogP contribution in [-0.4, -0.2) is 30.9 Å². The number of benzene rings is 9. The first kappa shape index (κ1) is 72.9. The van der Waals surface area contributed by atoms with Crippen molar-refractivity contribution in [3.05, 3.63) is 371 Å². The molecule has 0 saturated carbocycles. The Morgan fingerprint density at radius 2 is 0.292 bits per heavy atom. The fraction of sp³-hybridized carbons (Fsp3) is 0. The van der Waals surface area contributed by atoms with Gasteiger partial charge in [-0.3, -0.25) is 19.9 Å². The van der Waals surface area contributed by atoms with Crippen molar-refractivity contribution in [3.63, 3.8) is 0 Å². The molecular weight excluding hydrogens is 1410 g/mol. The van der Waals surface area contributed by atoms with E-state index in [2.05, 4.69) is 293 Å². The molecule has 0 saturated heterocycles. The second-order valence-electron chi connectivity index (χ2n) is 18.0. The van der Waals surface area contributed by atoms with Crippen molar-refractivity contribution in [3.8, 4) is 22.8 Å². The molecule has 13 aromatic rings. The topological polar surface area (TPSA) is 115 Å². The summed E-state index contributed by atoms with van der Waals surface area (Å²) < 4.78 is 0. The first-order valence-corrected chi connectivity index (χ1v) is 40.3. The summed E-state index contributed by atoms with van der Waals surface area (Å²) in [4.78, 5) is 16.7. The third-order valence-electron chi connectivity index (χ3n) is 12.3. The molecule has 89 heavy (non-hydrogen) atoms. The van der Waals surface area contributed by atoms with Gasteiger partial charge in [0.1, 0.15) is 0 Å². The molecule has 9 aromatic carbocycles. The average Bonchev–Trinajstić information content (AvgIpc) is 3.34. The smallest absolute Gasteiger partial charge is 0.0886 e. The van der Waals surface area contributed by atoms with Crippen LogP contribution in [0, 0.1) is 0 Å². The van der Waals surface area contributed by atoms with E-state index in [0.717, 1.165) is 22.8 Å². The minimum atomic E-state index is -0.446. The summed E-state index contributed by atoms with van der Waals surface area (Å²) >= 11 is -0.691. The van der Waals surface area contributed by atoms with E-state index in [1.807, 2.05) is 72.8 Å². The van der Waals surface area contributed by atoms with Gasteiger partial charge < -0.3 is 11.0 Å². The van der Waals surface area contributed by atoms with Gasteiger partial charge in [-0.25, -0.2) is 0 Å².